The van der Waals surface area contributed by atoms with Crippen LogP contribution in [-0.4, -0.2) is 36.3 Å². The predicted molar refractivity (Wildman–Crippen MR) is 94.2 cm³/mol. The van der Waals surface area contributed by atoms with Crippen LogP contribution in [-0.2, 0) is 17.8 Å². The maximum absolute atomic E-state index is 11.8. The second-order valence-corrected chi connectivity index (χ2v) is 6.30. The van der Waals surface area contributed by atoms with Gasteiger partial charge in [0.25, 0.3) is 0 Å². The molecule has 7 nitrogen and oxygen atoms in total. The normalized spacial score (nSPS) is 20.3. The fraction of sp³-hybridized carbons (Fsp3) is 0.444. The molecule has 0 bridgehead atoms. The first kappa shape index (κ1) is 17.3. The van der Waals surface area contributed by atoms with Crippen molar-refractivity contribution in [3.63, 3.8) is 0 Å². The molecule has 0 unspecified atom stereocenters. The predicted octanol–water partition coefficient (Wildman–Crippen LogP) is 2.29. The van der Waals surface area contributed by atoms with Gasteiger partial charge in [-0.3, -0.25) is 0 Å². The molecule has 2 aromatic rings. The van der Waals surface area contributed by atoms with Crippen LogP contribution in [0.15, 0.2) is 41.1 Å². The van der Waals surface area contributed by atoms with Gasteiger partial charge in [-0.05, 0) is 37.6 Å². The van der Waals surface area contributed by atoms with E-state index in [0.29, 0.717) is 13.1 Å². The van der Waals surface area contributed by atoms with Crippen molar-refractivity contribution in [3.05, 3.63) is 48.0 Å². The summed E-state index contributed by atoms with van der Waals surface area (Å²) < 4.78 is 10.9. The van der Waals surface area contributed by atoms with E-state index in [1.54, 1.807) is 18.5 Å². The Labute approximate surface area is 147 Å². The standard InChI is InChI=1S/C18H24N4O3/c1-13-11-22(12-14(2)25-13)17-6-5-15(8-19-17)9-20-18(23)21-10-16-4-3-7-24-16/h3-8,13-14H,9-12H2,1-2H3,(H2,20,21,23)/t13-,14+. The molecule has 1 saturated heterocycles. The summed E-state index contributed by atoms with van der Waals surface area (Å²) >= 11 is 0. The first-order valence-corrected chi connectivity index (χ1v) is 8.49. The Bertz CT molecular complexity index is 662. The average molecular weight is 344 g/mol. The van der Waals surface area contributed by atoms with Gasteiger partial charge in [0.05, 0.1) is 25.0 Å². The highest BCUT2D eigenvalue weighted by atomic mass is 16.5. The first-order chi connectivity index (χ1) is 12.1. The number of pyridine rings is 1. The van der Waals surface area contributed by atoms with E-state index in [4.69, 9.17) is 9.15 Å². The molecule has 0 aromatic carbocycles. The smallest absolute Gasteiger partial charge is 0.315 e. The van der Waals surface area contributed by atoms with Gasteiger partial charge in [0.2, 0.25) is 0 Å². The van der Waals surface area contributed by atoms with Gasteiger partial charge in [0, 0.05) is 25.8 Å². The van der Waals surface area contributed by atoms with Gasteiger partial charge in [-0.25, -0.2) is 9.78 Å². The van der Waals surface area contributed by atoms with Crippen LogP contribution in [0.1, 0.15) is 25.2 Å². The summed E-state index contributed by atoms with van der Waals surface area (Å²) in [4.78, 5) is 18.5. The summed E-state index contributed by atoms with van der Waals surface area (Å²) in [6.07, 6.45) is 3.78. The van der Waals surface area contributed by atoms with E-state index < -0.39 is 0 Å². The van der Waals surface area contributed by atoms with E-state index in [0.717, 1.165) is 30.2 Å². The summed E-state index contributed by atoms with van der Waals surface area (Å²) in [7, 11) is 0. The molecule has 3 heterocycles. The molecule has 2 N–H and O–H groups in total. The summed E-state index contributed by atoms with van der Waals surface area (Å²) in [5.74, 6) is 1.66. The quantitative estimate of drug-likeness (QED) is 0.870. The van der Waals surface area contributed by atoms with Crippen LogP contribution < -0.4 is 15.5 Å². The maximum Gasteiger partial charge on any atom is 0.315 e. The molecule has 0 aliphatic carbocycles. The molecule has 2 atom stereocenters. The molecule has 0 radical (unpaired) electrons. The van der Waals surface area contributed by atoms with Crippen molar-refractivity contribution in [2.75, 3.05) is 18.0 Å². The van der Waals surface area contributed by atoms with E-state index in [1.807, 2.05) is 18.2 Å². The molecule has 0 saturated carbocycles. The van der Waals surface area contributed by atoms with Crippen molar-refractivity contribution >= 4 is 11.8 Å². The Kier molecular flexibility index (Phi) is 5.55. The van der Waals surface area contributed by atoms with E-state index in [2.05, 4.69) is 34.4 Å². The molecular formula is C18H24N4O3. The zero-order chi connectivity index (χ0) is 17.6. The Morgan fingerprint density at radius 2 is 1.96 bits per heavy atom. The van der Waals surface area contributed by atoms with Crippen LogP contribution in [0.3, 0.4) is 0 Å². The van der Waals surface area contributed by atoms with Crippen molar-refractivity contribution in [1.82, 2.24) is 15.6 Å². The van der Waals surface area contributed by atoms with Crippen LogP contribution >= 0.6 is 0 Å². The number of hydrogen-bond donors (Lipinski definition) is 2. The number of ether oxygens (including phenoxy) is 1. The van der Waals surface area contributed by atoms with Gasteiger partial charge in [0.15, 0.2) is 0 Å². The number of anilines is 1. The van der Waals surface area contributed by atoms with Gasteiger partial charge in [-0.15, -0.1) is 0 Å². The second-order valence-electron chi connectivity index (χ2n) is 6.30. The molecule has 3 rings (SSSR count). The van der Waals surface area contributed by atoms with Crippen molar-refractivity contribution in [1.29, 1.82) is 0 Å². The van der Waals surface area contributed by atoms with Crippen LogP contribution in [0.25, 0.3) is 0 Å². The highest BCUT2D eigenvalue weighted by Gasteiger charge is 2.22. The van der Waals surface area contributed by atoms with Gasteiger partial charge < -0.3 is 24.7 Å². The van der Waals surface area contributed by atoms with Crippen molar-refractivity contribution < 1.29 is 13.9 Å². The Morgan fingerprint density at radius 1 is 1.20 bits per heavy atom. The number of urea groups is 1. The summed E-state index contributed by atoms with van der Waals surface area (Å²) in [5.41, 5.74) is 0.950. The number of nitrogens with zero attached hydrogens (tertiary/aromatic N) is 2. The minimum atomic E-state index is -0.240. The van der Waals surface area contributed by atoms with Gasteiger partial charge in [-0.1, -0.05) is 6.07 Å². The zero-order valence-electron chi connectivity index (χ0n) is 14.6. The van der Waals surface area contributed by atoms with E-state index >= 15 is 0 Å². The molecule has 0 spiro atoms. The highest BCUT2D eigenvalue weighted by Crippen LogP contribution is 2.18. The number of furan rings is 1. The summed E-state index contributed by atoms with van der Waals surface area (Å²) in [6.45, 7) is 6.61. The van der Waals surface area contributed by atoms with Crippen molar-refractivity contribution in [2.45, 2.75) is 39.1 Å². The molecular weight excluding hydrogens is 320 g/mol. The van der Waals surface area contributed by atoms with Gasteiger partial charge in [-0.2, -0.15) is 0 Å². The summed E-state index contributed by atoms with van der Waals surface area (Å²) in [6, 6.07) is 7.34. The molecule has 7 heteroatoms. The van der Waals surface area contributed by atoms with Crippen LogP contribution in [0.5, 0.6) is 0 Å². The van der Waals surface area contributed by atoms with Crippen LogP contribution in [0.2, 0.25) is 0 Å². The zero-order valence-corrected chi connectivity index (χ0v) is 14.6. The Morgan fingerprint density at radius 3 is 2.60 bits per heavy atom. The summed E-state index contributed by atoms with van der Waals surface area (Å²) in [5, 5.41) is 5.55. The van der Waals surface area contributed by atoms with Gasteiger partial charge >= 0.3 is 6.03 Å². The van der Waals surface area contributed by atoms with Crippen LogP contribution in [0, 0.1) is 0 Å². The van der Waals surface area contributed by atoms with Crippen molar-refractivity contribution in [3.8, 4) is 0 Å². The SMILES string of the molecule is C[C@@H]1CN(c2ccc(CNC(=O)NCc3ccco3)cn2)C[C@H](C)O1. The lowest BCUT2D eigenvalue weighted by Gasteiger charge is -2.36. The van der Waals surface area contributed by atoms with Crippen LogP contribution in [0.4, 0.5) is 10.6 Å². The monoisotopic (exact) mass is 344 g/mol. The fourth-order valence-electron chi connectivity index (χ4n) is 2.90. The third kappa shape index (κ3) is 4.96. The molecule has 25 heavy (non-hydrogen) atoms. The topological polar surface area (TPSA) is 79.6 Å². The highest BCUT2D eigenvalue weighted by molar-refractivity contribution is 5.73. The third-order valence-electron chi connectivity index (χ3n) is 4.01. The fourth-order valence-corrected chi connectivity index (χ4v) is 2.90. The molecule has 1 aliphatic heterocycles. The molecule has 2 amide bonds. The number of rotatable bonds is 5. The largest absolute Gasteiger partial charge is 0.467 e. The molecule has 2 aromatic heterocycles. The van der Waals surface area contributed by atoms with E-state index in [1.165, 1.54) is 0 Å². The molecule has 1 fully saturated rings. The lowest BCUT2D eigenvalue weighted by molar-refractivity contribution is -0.00546. The number of amides is 2. The first-order valence-electron chi connectivity index (χ1n) is 8.49. The second kappa shape index (κ2) is 8.02. The number of carbonyl (C=O) groups is 1. The lowest BCUT2D eigenvalue weighted by Crippen LogP contribution is -2.45. The van der Waals surface area contributed by atoms with E-state index in [-0.39, 0.29) is 18.2 Å². The van der Waals surface area contributed by atoms with Gasteiger partial charge in [0.1, 0.15) is 11.6 Å². The minimum Gasteiger partial charge on any atom is -0.467 e. The Balaban J connectivity index is 1.46. The Hall–Kier alpha value is -2.54. The number of morpholine rings is 1. The number of hydrogen-bond acceptors (Lipinski definition) is 5. The molecule has 1 aliphatic rings. The molecule has 134 valence electrons. The lowest BCUT2D eigenvalue weighted by atomic mass is 10.2. The number of carbonyl (C=O) groups excluding carboxylic acids is 1. The average Bonchev–Trinajstić information content (AvgIpc) is 3.11. The van der Waals surface area contributed by atoms with Crippen molar-refractivity contribution in [2.24, 2.45) is 0 Å². The maximum atomic E-state index is 11.8. The number of aromatic nitrogens is 1. The van der Waals surface area contributed by atoms with E-state index in [9.17, 15) is 4.79 Å². The minimum absolute atomic E-state index is 0.199. The number of nitrogens with one attached hydrogen (secondary N) is 2. The third-order valence-corrected chi connectivity index (χ3v) is 4.01.